The van der Waals surface area contributed by atoms with Gasteiger partial charge in [-0.1, -0.05) is 18.2 Å². The molecule has 162 valence electrons. The van der Waals surface area contributed by atoms with Crippen LogP contribution >= 0.6 is 12.4 Å². The van der Waals surface area contributed by atoms with E-state index in [1.807, 2.05) is 10.9 Å². The van der Waals surface area contributed by atoms with Gasteiger partial charge in [-0.2, -0.15) is 5.10 Å². The Morgan fingerprint density at radius 2 is 1.77 bits per heavy atom. The Labute approximate surface area is 186 Å². The Hall–Kier alpha value is -2.68. The lowest BCUT2D eigenvalue weighted by Crippen LogP contribution is -2.29. The number of benzene rings is 2. The summed E-state index contributed by atoms with van der Waals surface area (Å²) in [6, 6.07) is 12.7. The number of piperidine rings is 1. The van der Waals surface area contributed by atoms with Crippen LogP contribution in [0.4, 0.5) is 4.39 Å². The summed E-state index contributed by atoms with van der Waals surface area (Å²) in [6.07, 6.45) is 7.26. The molecule has 0 aliphatic carbocycles. The highest BCUT2D eigenvalue weighted by Crippen LogP contribution is 2.34. The molecule has 1 aliphatic rings. The van der Waals surface area contributed by atoms with Crippen molar-refractivity contribution in [2.45, 2.75) is 23.8 Å². The molecule has 0 amide bonds. The summed E-state index contributed by atoms with van der Waals surface area (Å²) < 4.78 is 43.7. The lowest BCUT2D eigenvalue weighted by atomic mass is 10.1. The van der Waals surface area contributed by atoms with E-state index in [1.165, 1.54) is 24.3 Å². The van der Waals surface area contributed by atoms with Gasteiger partial charge < -0.3 is 5.32 Å². The van der Waals surface area contributed by atoms with Gasteiger partial charge in [-0.05, 0) is 56.3 Å². The maximum atomic E-state index is 14.0. The standard InChI is InChI=1S/C22H21FN4O2S.ClH/c23-17-6-7-20-21(16-13-25-26(14-16)18-8-10-24-11-9-18)15-27(22(20)12-17)30(28,29)19-4-2-1-3-5-19;/h1-7,12-15,18,24H,8-11H2;1H. The fourth-order valence-corrected chi connectivity index (χ4v) is 5.44. The van der Waals surface area contributed by atoms with E-state index in [0.717, 1.165) is 35.5 Å². The minimum Gasteiger partial charge on any atom is -0.317 e. The summed E-state index contributed by atoms with van der Waals surface area (Å²) in [5.74, 6) is -0.484. The van der Waals surface area contributed by atoms with Gasteiger partial charge in [0.05, 0.1) is 22.7 Å². The van der Waals surface area contributed by atoms with Crippen LogP contribution in [-0.2, 0) is 10.0 Å². The van der Waals surface area contributed by atoms with E-state index in [4.69, 9.17) is 0 Å². The number of rotatable bonds is 4. The van der Waals surface area contributed by atoms with Gasteiger partial charge in [0.25, 0.3) is 10.0 Å². The zero-order valence-corrected chi connectivity index (χ0v) is 18.2. The number of halogens is 2. The first-order chi connectivity index (χ1) is 14.5. The molecule has 0 spiro atoms. The van der Waals surface area contributed by atoms with Crippen LogP contribution < -0.4 is 5.32 Å². The Kier molecular flexibility index (Phi) is 5.88. The summed E-state index contributed by atoms with van der Waals surface area (Å²) in [5.41, 5.74) is 1.83. The second kappa shape index (κ2) is 8.45. The Balaban J connectivity index is 0.00000231. The predicted molar refractivity (Wildman–Crippen MR) is 121 cm³/mol. The van der Waals surface area contributed by atoms with Crippen LogP contribution in [0.25, 0.3) is 22.0 Å². The highest BCUT2D eigenvalue weighted by atomic mass is 35.5. The lowest BCUT2D eigenvalue weighted by Gasteiger charge is -2.22. The third kappa shape index (κ3) is 3.86. The average Bonchev–Trinajstić information content (AvgIpc) is 3.40. The molecule has 0 bridgehead atoms. The number of hydrogen-bond donors (Lipinski definition) is 1. The monoisotopic (exact) mass is 460 g/mol. The maximum absolute atomic E-state index is 14.0. The van der Waals surface area contributed by atoms with Crippen molar-refractivity contribution in [1.29, 1.82) is 0 Å². The van der Waals surface area contributed by atoms with Crippen molar-refractivity contribution in [2.75, 3.05) is 13.1 Å². The molecular weight excluding hydrogens is 439 g/mol. The van der Waals surface area contributed by atoms with E-state index in [0.29, 0.717) is 22.5 Å². The van der Waals surface area contributed by atoms with Crippen molar-refractivity contribution in [3.8, 4) is 11.1 Å². The summed E-state index contributed by atoms with van der Waals surface area (Å²) >= 11 is 0. The molecule has 0 unspecified atom stereocenters. The van der Waals surface area contributed by atoms with E-state index in [-0.39, 0.29) is 17.3 Å². The summed E-state index contributed by atoms with van der Waals surface area (Å²) in [5, 5.41) is 8.53. The van der Waals surface area contributed by atoms with Crippen LogP contribution in [0.3, 0.4) is 0 Å². The zero-order valence-electron chi connectivity index (χ0n) is 16.6. The van der Waals surface area contributed by atoms with Crippen molar-refractivity contribution in [3.63, 3.8) is 0 Å². The molecule has 5 rings (SSSR count). The molecule has 1 fully saturated rings. The average molecular weight is 461 g/mol. The lowest BCUT2D eigenvalue weighted by molar-refractivity contribution is 0.343. The molecular formula is C22H22ClFN4O2S. The summed E-state index contributed by atoms with van der Waals surface area (Å²) in [6.45, 7) is 1.90. The maximum Gasteiger partial charge on any atom is 0.268 e. The molecule has 0 radical (unpaired) electrons. The van der Waals surface area contributed by atoms with Crippen LogP contribution in [0.5, 0.6) is 0 Å². The Bertz CT molecular complexity index is 1310. The SMILES string of the molecule is Cl.O=S(=O)(c1ccccc1)n1cc(-c2cnn(C3CCNCC3)c2)c2ccc(F)cc21. The van der Waals surface area contributed by atoms with Gasteiger partial charge >= 0.3 is 0 Å². The van der Waals surface area contributed by atoms with Gasteiger partial charge in [-0.15, -0.1) is 12.4 Å². The van der Waals surface area contributed by atoms with Crippen LogP contribution in [0.15, 0.2) is 72.0 Å². The molecule has 6 nitrogen and oxygen atoms in total. The molecule has 9 heteroatoms. The molecule has 0 saturated carbocycles. The van der Waals surface area contributed by atoms with E-state index >= 15 is 0 Å². The van der Waals surface area contributed by atoms with Gasteiger partial charge in [0.2, 0.25) is 0 Å². The quantitative estimate of drug-likeness (QED) is 0.495. The minimum atomic E-state index is -3.87. The molecule has 1 saturated heterocycles. The number of nitrogens with one attached hydrogen (secondary N) is 1. The van der Waals surface area contributed by atoms with E-state index in [9.17, 15) is 12.8 Å². The third-order valence-corrected chi connectivity index (χ3v) is 7.32. The van der Waals surface area contributed by atoms with Crippen molar-refractivity contribution < 1.29 is 12.8 Å². The second-order valence-electron chi connectivity index (χ2n) is 7.51. The second-order valence-corrected chi connectivity index (χ2v) is 9.32. The van der Waals surface area contributed by atoms with Crippen LogP contribution in [0.2, 0.25) is 0 Å². The Morgan fingerprint density at radius 3 is 2.52 bits per heavy atom. The topological polar surface area (TPSA) is 68.9 Å². The van der Waals surface area contributed by atoms with Crippen molar-refractivity contribution >= 4 is 33.3 Å². The van der Waals surface area contributed by atoms with Gasteiger partial charge in [-0.3, -0.25) is 4.68 Å². The molecule has 3 heterocycles. The van der Waals surface area contributed by atoms with Crippen LogP contribution in [0.1, 0.15) is 18.9 Å². The van der Waals surface area contributed by atoms with E-state index < -0.39 is 15.8 Å². The van der Waals surface area contributed by atoms with Crippen molar-refractivity contribution in [2.24, 2.45) is 0 Å². The molecule has 1 N–H and O–H groups in total. The molecule has 1 aliphatic heterocycles. The van der Waals surface area contributed by atoms with Crippen molar-refractivity contribution in [1.82, 2.24) is 19.1 Å². The fraction of sp³-hybridized carbons (Fsp3) is 0.227. The highest BCUT2D eigenvalue weighted by molar-refractivity contribution is 7.90. The van der Waals surface area contributed by atoms with Gasteiger partial charge in [0, 0.05) is 28.9 Å². The zero-order chi connectivity index (χ0) is 20.7. The smallest absolute Gasteiger partial charge is 0.268 e. The fourth-order valence-electron chi connectivity index (χ4n) is 4.05. The van der Waals surface area contributed by atoms with Gasteiger partial charge in [0.1, 0.15) is 5.82 Å². The number of fused-ring (bicyclic) bond motifs is 1. The summed E-state index contributed by atoms with van der Waals surface area (Å²) in [4.78, 5) is 0.156. The third-order valence-electron chi connectivity index (χ3n) is 5.63. The number of aromatic nitrogens is 3. The largest absolute Gasteiger partial charge is 0.317 e. The van der Waals surface area contributed by atoms with E-state index in [2.05, 4.69) is 10.4 Å². The normalized spacial score (nSPS) is 15.1. The molecule has 2 aromatic carbocycles. The molecule has 31 heavy (non-hydrogen) atoms. The summed E-state index contributed by atoms with van der Waals surface area (Å²) in [7, 11) is -3.87. The first-order valence-electron chi connectivity index (χ1n) is 9.90. The van der Waals surface area contributed by atoms with E-state index in [1.54, 1.807) is 36.7 Å². The number of hydrogen-bond acceptors (Lipinski definition) is 4. The molecule has 0 atom stereocenters. The number of nitrogens with zero attached hydrogens (tertiary/aromatic N) is 3. The predicted octanol–water partition coefficient (Wildman–Crippen LogP) is 4.23. The minimum absolute atomic E-state index is 0. The van der Waals surface area contributed by atoms with Crippen LogP contribution in [-0.4, -0.2) is 35.3 Å². The van der Waals surface area contributed by atoms with Gasteiger partial charge in [0.15, 0.2) is 0 Å². The van der Waals surface area contributed by atoms with Gasteiger partial charge in [-0.25, -0.2) is 16.8 Å². The highest BCUT2D eigenvalue weighted by Gasteiger charge is 2.23. The first-order valence-corrected chi connectivity index (χ1v) is 11.3. The van der Waals surface area contributed by atoms with Crippen molar-refractivity contribution in [3.05, 3.63) is 72.9 Å². The first kappa shape index (κ1) is 21.5. The molecule has 2 aromatic heterocycles. The Morgan fingerprint density at radius 1 is 1.03 bits per heavy atom. The molecule has 4 aromatic rings. The van der Waals surface area contributed by atoms with Crippen LogP contribution in [0, 0.1) is 5.82 Å².